The minimum atomic E-state index is -0.314. The Morgan fingerprint density at radius 2 is 1.89 bits per heavy atom. The van der Waals surface area contributed by atoms with Crippen LogP contribution >= 0.6 is 39.9 Å². The second kappa shape index (κ2) is 9.36. The SMILES string of the molecule is CCOc1ccc(NC(=O)CN2C(=O)/C(=C/c3ccc(Br)cc3)SC2=S)cc1. The van der Waals surface area contributed by atoms with Gasteiger partial charge in [0.2, 0.25) is 5.91 Å². The van der Waals surface area contributed by atoms with Crippen LogP contribution in [-0.4, -0.2) is 34.2 Å². The van der Waals surface area contributed by atoms with Crippen LogP contribution in [-0.2, 0) is 9.59 Å². The zero-order valence-electron chi connectivity index (χ0n) is 15.0. The molecule has 1 saturated heterocycles. The van der Waals surface area contributed by atoms with Crippen LogP contribution in [0.3, 0.4) is 0 Å². The van der Waals surface area contributed by atoms with Crippen molar-refractivity contribution in [3.8, 4) is 5.75 Å². The van der Waals surface area contributed by atoms with E-state index in [9.17, 15) is 9.59 Å². The van der Waals surface area contributed by atoms with Crippen LogP contribution in [0.1, 0.15) is 12.5 Å². The molecule has 0 unspecified atom stereocenters. The van der Waals surface area contributed by atoms with Crippen LogP contribution in [0.15, 0.2) is 57.9 Å². The Balaban J connectivity index is 1.63. The highest BCUT2D eigenvalue weighted by Crippen LogP contribution is 2.32. The number of thiocarbonyl (C=S) groups is 1. The van der Waals surface area contributed by atoms with Crippen molar-refractivity contribution >= 4 is 67.8 Å². The number of anilines is 1. The van der Waals surface area contributed by atoms with E-state index >= 15 is 0 Å². The van der Waals surface area contributed by atoms with Gasteiger partial charge in [0, 0.05) is 10.2 Å². The predicted molar refractivity (Wildman–Crippen MR) is 120 cm³/mol. The topological polar surface area (TPSA) is 58.6 Å². The standard InChI is InChI=1S/C20H17BrN2O3S2/c1-2-26-16-9-7-15(8-10-16)22-18(24)12-23-19(25)17(28-20(23)27)11-13-3-5-14(21)6-4-13/h3-11H,2,12H2,1H3,(H,22,24)/b17-11-. The smallest absolute Gasteiger partial charge is 0.266 e. The van der Waals surface area contributed by atoms with Crippen molar-refractivity contribution in [1.29, 1.82) is 0 Å². The quantitative estimate of drug-likeness (QED) is 0.484. The fraction of sp³-hybridized carbons (Fsp3) is 0.150. The first-order valence-electron chi connectivity index (χ1n) is 8.50. The maximum atomic E-state index is 12.6. The van der Waals surface area contributed by atoms with Crippen molar-refractivity contribution < 1.29 is 14.3 Å². The third-order valence-corrected chi connectivity index (χ3v) is 5.70. The Morgan fingerprint density at radius 3 is 2.54 bits per heavy atom. The molecule has 5 nitrogen and oxygen atoms in total. The highest BCUT2D eigenvalue weighted by atomic mass is 79.9. The molecular weight excluding hydrogens is 460 g/mol. The molecule has 8 heteroatoms. The minimum Gasteiger partial charge on any atom is -0.494 e. The number of nitrogens with one attached hydrogen (secondary N) is 1. The van der Waals surface area contributed by atoms with Gasteiger partial charge in [-0.15, -0.1) is 0 Å². The summed E-state index contributed by atoms with van der Waals surface area (Å²) in [5, 5.41) is 2.77. The molecule has 2 aromatic rings. The van der Waals surface area contributed by atoms with Crippen molar-refractivity contribution in [2.24, 2.45) is 0 Å². The summed E-state index contributed by atoms with van der Waals surface area (Å²) in [5.74, 6) is 0.153. The lowest BCUT2D eigenvalue weighted by Crippen LogP contribution is -2.36. The van der Waals surface area contributed by atoms with E-state index in [1.54, 1.807) is 30.3 Å². The van der Waals surface area contributed by atoms with Gasteiger partial charge in [0.25, 0.3) is 5.91 Å². The number of carbonyl (C=O) groups excluding carboxylic acids is 2. The Kier molecular flexibility index (Phi) is 6.88. The van der Waals surface area contributed by atoms with E-state index in [1.165, 1.54) is 16.7 Å². The molecule has 0 atom stereocenters. The second-order valence-electron chi connectivity index (χ2n) is 5.82. The molecule has 1 aliphatic heterocycles. The predicted octanol–water partition coefficient (Wildman–Crippen LogP) is 4.69. The summed E-state index contributed by atoms with van der Waals surface area (Å²) in [6.07, 6.45) is 1.77. The second-order valence-corrected chi connectivity index (χ2v) is 8.42. The molecule has 0 saturated carbocycles. The summed E-state index contributed by atoms with van der Waals surface area (Å²) < 4.78 is 6.71. The van der Waals surface area contributed by atoms with Gasteiger partial charge in [0.1, 0.15) is 16.6 Å². The molecule has 1 fully saturated rings. The Labute approximate surface area is 181 Å². The van der Waals surface area contributed by atoms with E-state index in [0.29, 0.717) is 21.5 Å². The average Bonchev–Trinajstić information content (AvgIpc) is 2.93. The summed E-state index contributed by atoms with van der Waals surface area (Å²) in [7, 11) is 0. The number of nitrogens with zero attached hydrogens (tertiary/aromatic N) is 1. The lowest BCUT2D eigenvalue weighted by atomic mass is 10.2. The number of rotatable bonds is 6. The number of halogens is 1. The van der Waals surface area contributed by atoms with E-state index in [4.69, 9.17) is 17.0 Å². The van der Waals surface area contributed by atoms with Gasteiger partial charge in [-0.25, -0.2) is 0 Å². The first-order valence-corrected chi connectivity index (χ1v) is 10.5. The number of hydrogen-bond acceptors (Lipinski definition) is 5. The molecule has 0 bridgehead atoms. The fourth-order valence-electron chi connectivity index (χ4n) is 2.49. The zero-order valence-corrected chi connectivity index (χ0v) is 18.2. The monoisotopic (exact) mass is 476 g/mol. The van der Waals surface area contributed by atoms with Crippen LogP contribution < -0.4 is 10.1 Å². The molecule has 144 valence electrons. The molecule has 0 spiro atoms. The minimum absolute atomic E-state index is 0.129. The van der Waals surface area contributed by atoms with Crippen LogP contribution in [0.25, 0.3) is 6.08 Å². The Hall–Kier alpha value is -2.16. The van der Waals surface area contributed by atoms with Gasteiger partial charge in [0.15, 0.2) is 0 Å². The lowest BCUT2D eigenvalue weighted by Gasteiger charge is -2.14. The summed E-state index contributed by atoms with van der Waals surface area (Å²) in [6.45, 7) is 2.35. The third kappa shape index (κ3) is 5.21. The molecule has 1 N–H and O–H groups in total. The highest BCUT2D eigenvalue weighted by Gasteiger charge is 2.33. The maximum Gasteiger partial charge on any atom is 0.266 e. The fourth-order valence-corrected chi connectivity index (χ4v) is 4.01. The van der Waals surface area contributed by atoms with Crippen molar-refractivity contribution in [3.63, 3.8) is 0 Å². The van der Waals surface area contributed by atoms with Crippen LogP contribution in [0, 0.1) is 0 Å². The molecule has 1 heterocycles. The van der Waals surface area contributed by atoms with E-state index in [1.807, 2.05) is 31.2 Å². The molecule has 2 amide bonds. The normalized spacial score (nSPS) is 15.2. The Morgan fingerprint density at radius 1 is 1.21 bits per heavy atom. The molecule has 2 aromatic carbocycles. The number of thioether (sulfide) groups is 1. The molecule has 0 radical (unpaired) electrons. The number of amides is 2. The molecule has 28 heavy (non-hydrogen) atoms. The van der Waals surface area contributed by atoms with Crippen molar-refractivity contribution in [3.05, 3.63) is 63.5 Å². The average molecular weight is 477 g/mol. The van der Waals surface area contributed by atoms with Gasteiger partial charge in [-0.1, -0.05) is 52.0 Å². The largest absolute Gasteiger partial charge is 0.494 e. The zero-order chi connectivity index (χ0) is 20.1. The molecule has 0 aliphatic carbocycles. The summed E-state index contributed by atoms with van der Waals surface area (Å²) >= 11 is 9.86. The summed E-state index contributed by atoms with van der Waals surface area (Å²) in [6, 6.07) is 14.7. The Bertz CT molecular complexity index is 927. The highest BCUT2D eigenvalue weighted by molar-refractivity contribution is 9.10. The maximum absolute atomic E-state index is 12.6. The summed E-state index contributed by atoms with van der Waals surface area (Å²) in [4.78, 5) is 26.8. The van der Waals surface area contributed by atoms with E-state index in [-0.39, 0.29) is 18.4 Å². The van der Waals surface area contributed by atoms with Gasteiger partial charge < -0.3 is 10.1 Å². The van der Waals surface area contributed by atoms with Gasteiger partial charge in [-0.05, 0) is 55.0 Å². The van der Waals surface area contributed by atoms with Crippen LogP contribution in [0.4, 0.5) is 5.69 Å². The van der Waals surface area contributed by atoms with E-state index in [0.717, 1.165) is 15.8 Å². The number of ether oxygens (including phenoxy) is 1. The third-order valence-electron chi connectivity index (χ3n) is 3.79. The molecule has 0 aromatic heterocycles. The first-order chi connectivity index (χ1) is 13.5. The summed E-state index contributed by atoms with van der Waals surface area (Å²) in [5.41, 5.74) is 1.52. The molecule has 1 aliphatic rings. The van der Waals surface area contributed by atoms with Gasteiger partial charge in [-0.2, -0.15) is 0 Å². The molecule has 3 rings (SSSR count). The number of hydrogen-bond donors (Lipinski definition) is 1. The van der Waals surface area contributed by atoms with Crippen molar-refractivity contribution in [2.45, 2.75) is 6.92 Å². The van der Waals surface area contributed by atoms with Gasteiger partial charge in [-0.3, -0.25) is 14.5 Å². The lowest BCUT2D eigenvalue weighted by molar-refractivity contribution is -0.126. The van der Waals surface area contributed by atoms with Crippen molar-refractivity contribution in [1.82, 2.24) is 4.90 Å². The van der Waals surface area contributed by atoms with Crippen LogP contribution in [0.2, 0.25) is 0 Å². The van der Waals surface area contributed by atoms with Crippen LogP contribution in [0.5, 0.6) is 5.75 Å². The van der Waals surface area contributed by atoms with E-state index < -0.39 is 0 Å². The number of benzene rings is 2. The number of carbonyl (C=O) groups is 2. The van der Waals surface area contributed by atoms with Gasteiger partial charge in [0.05, 0.1) is 11.5 Å². The molecular formula is C20H17BrN2O3S2. The van der Waals surface area contributed by atoms with Crippen molar-refractivity contribution in [2.75, 3.05) is 18.5 Å². The van der Waals surface area contributed by atoms with Gasteiger partial charge >= 0.3 is 0 Å². The first kappa shape index (κ1) is 20.6. The van der Waals surface area contributed by atoms with E-state index in [2.05, 4.69) is 21.2 Å².